The number of nitrogens with zero attached hydrogens (tertiary/aromatic N) is 1. The number of carbonyl (C=O) groups is 1. The molecule has 27 heavy (non-hydrogen) atoms. The summed E-state index contributed by atoms with van der Waals surface area (Å²) in [5.41, 5.74) is 2.90. The SMILES string of the molecule is COc1c(CNC(=O)N(C)Cc2cccc3[nH]ccc23)oc2ccccc12. The average Bonchev–Trinajstić information content (AvgIpc) is 3.30. The second-order valence-electron chi connectivity index (χ2n) is 6.43. The number of aromatic nitrogens is 1. The number of benzene rings is 2. The maximum absolute atomic E-state index is 12.5. The van der Waals surface area contributed by atoms with Gasteiger partial charge < -0.3 is 24.4 Å². The zero-order valence-corrected chi connectivity index (χ0v) is 15.3. The number of amides is 2. The molecule has 0 atom stereocenters. The highest BCUT2D eigenvalue weighted by molar-refractivity contribution is 5.86. The molecule has 2 heterocycles. The van der Waals surface area contributed by atoms with Crippen LogP contribution in [0.1, 0.15) is 11.3 Å². The lowest BCUT2D eigenvalue weighted by Crippen LogP contribution is -2.36. The largest absolute Gasteiger partial charge is 0.492 e. The van der Waals surface area contributed by atoms with Crippen LogP contribution >= 0.6 is 0 Å². The minimum absolute atomic E-state index is 0.176. The molecule has 2 aromatic carbocycles. The van der Waals surface area contributed by atoms with Crippen LogP contribution in [0.3, 0.4) is 0 Å². The van der Waals surface area contributed by atoms with Gasteiger partial charge in [0, 0.05) is 30.7 Å². The summed E-state index contributed by atoms with van der Waals surface area (Å²) < 4.78 is 11.3. The van der Waals surface area contributed by atoms with Crippen molar-refractivity contribution >= 4 is 27.9 Å². The van der Waals surface area contributed by atoms with Gasteiger partial charge in [-0.05, 0) is 29.8 Å². The highest BCUT2D eigenvalue weighted by Crippen LogP contribution is 2.32. The number of methoxy groups -OCH3 is 1. The average molecular weight is 363 g/mol. The van der Waals surface area contributed by atoms with Crippen LogP contribution in [-0.4, -0.2) is 30.1 Å². The van der Waals surface area contributed by atoms with Crippen LogP contribution < -0.4 is 10.1 Å². The Morgan fingerprint density at radius 2 is 2.00 bits per heavy atom. The van der Waals surface area contributed by atoms with Gasteiger partial charge in [0.05, 0.1) is 19.0 Å². The molecule has 0 saturated heterocycles. The van der Waals surface area contributed by atoms with Crippen LogP contribution in [0.15, 0.2) is 59.1 Å². The van der Waals surface area contributed by atoms with Gasteiger partial charge in [-0.25, -0.2) is 4.79 Å². The molecule has 0 spiro atoms. The molecule has 4 aromatic rings. The van der Waals surface area contributed by atoms with Crippen LogP contribution in [-0.2, 0) is 13.1 Å². The van der Waals surface area contributed by atoms with Crippen molar-refractivity contribution in [3.63, 3.8) is 0 Å². The third-order valence-corrected chi connectivity index (χ3v) is 4.66. The van der Waals surface area contributed by atoms with E-state index in [2.05, 4.69) is 10.3 Å². The van der Waals surface area contributed by atoms with Crippen LogP contribution in [0.5, 0.6) is 5.75 Å². The Kier molecular flexibility index (Phi) is 4.46. The molecule has 6 nitrogen and oxygen atoms in total. The van der Waals surface area contributed by atoms with Crippen LogP contribution in [0.25, 0.3) is 21.9 Å². The number of para-hydroxylation sites is 1. The third kappa shape index (κ3) is 3.21. The number of nitrogens with one attached hydrogen (secondary N) is 2. The van der Waals surface area contributed by atoms with Gasteiger partial charge in [0.2, 0.25) is 0 Å². The summed E-state index contributed by atoms with van der Waals surface area (Å²) in [5, 5.41) is 4.92. The van der Waals surface area contributed by atoms with E-state index >= 15 is 0 Å². The van der Waals surface area contributed by atoms with E-state index in [1.165, 1.54) is 0 Å². The van der Waals surface area contributed by atoms with Gasteiger partial charge in [-0.3, -0.25) is 0 Å². The van der Waals surface area contributed by atoms with E-state index < -0.39 is 0 Å². The van der Waals surface area contributed by atoms with Crippen molar-refractivity contribution in [3.05, 3.63) is 66.1 Å². The van der Waals surface area contributed by atoms with Crippen molar-refractivity contribution < 1.29 is 13.9 Å². The topological polar surface area (TPSA) is 70.5 Å². The Bertz CT molecular complexity index is 1100. The van der Waals surface area contributed by atoms with E-state index in [9.17, 15) is 4.79 Å². The summed E-state index contributed by atoms with van der Waals surface area (Å²) >= 11 is 0. The van der Waals surface area contributed by atoms with E-state index in [4.69, 9.17) is 9.15 Å². The molecule has 4 rings (SSSR count). The third-order valence-electron chi connectivity index (χ3n) is 4.66. The quantitative estimate of drug-likeness (QED) is 0.556. The molecule has 2 aromatic heterocycles. The summed E-state index contributed by atoms with van der Waals surface area (Å²) in [6.45, 7) is 0.772. The monoisotopic (exact) mass is 363 g/mol. The number of hydrogen-bond donors (Lipinski definition) is 2. The minimum Gasteiger partial charge on any atom is -0.492 e. The molecule has 138 valence electrons. The Hall–Kier alpha value is -3.41. The molecule has 2 amide bonds. The maximum atomic E-state index is 12.5. The first-order valence-electron chi connectivity index (χ1n) is 8.75. The smallest absolute Gasteiger partial charge is 0.317 e. The molecule has 2 N–H and O–H groups in total. The lowest BCUT2D eigenvalue weighted by molar-refractivity contribution is 0.205. The number of hydrogen-bond acceptors (Lipinski definition) is 3. The molecule has 0 saturated carbocycles. The van der Waals surface area contributed by atoms with E-state index in [-0.39, 0.29) is 12.6 Å². The Labute approximate surface area is 156 Å². The standard InChI is InChI=1S/C21H21N3O3/c1-24(13-14-6-5-8-17-15(14)10-11-22-17)21(25)23-12-19-20(26-2)16-7-3-4-9-18(16)27-19/h3-11,22H,12-13H2,1-2H3,(H,23,25). The van der Waals surface area contributed by atoms with E-state index in [0.717, 1.165) is 27.4 Å². The predicted molar refractivity (Wildman–Crippen MR) is 105 cm³/mol. The molecule has 0 aliphatic rings. The number of carbonyl (C=O) groups excluding carboxylic acids is 1. The highest BCUT2D eigenvalue weighted by atomic mass is 16.5. The molecule has 0 aliphatic heterocycles. The van der Waals surface area contributed by atoms with Gasteiger partial charge in [0.1, 0.15) is 5.58 Å². The number of furan rings is 1. The maximum Gasteiger partial charge on any atom is 0.317 e. The molecule has 0 fully saturated rings. The molecular formula is C21H21N3O3. The fraction of sp³-hybridized carbons (Fsp3) is 0.190. The molecule has 0 unspecified atom stereocenters. The predicted octanol–water partition coefficient (Wildman–Crippen LogP) is 4.26. The summed E-state index contributed by atoms with van der Waals surface area (Å²) in [7, 11) is 3.38. The van der Waals surface area contributed by atoms with Crippen molar-refractivity contribution in [2.75, 3.05) is 14.2 Å². The minimum atomic E-state index is -0.176. The van der Waals surface area contributed by atoms with Gasteiger partial charge in [-0.2, -0.15) is 0 Å². The lowest BCUT2D eigenvalue weighted by Gasteiger charge is -2.18. The van der Waals surface area contributed by atoms with Gasteiger partial charge >= 0.3 is 6.03 Å². The number of ether oxygens (including phenoxy) is 1. The Morgan fingerprint density at radius 3 is 2.85 bits per heavy atom. The van der Waals surface area contributed by atoms with Crippen molar-refractivity contribution in [1.29, 1.82) is 0 Å². The second kappa shape index (κ2) is 7.07. The molecular weight excluding hydrogens is 342 g/mol. The summed E-state index contributed by atoms with van der Waals surface area (Å²) in [5.74, 6) is 1.26. The van der Waals surface area contributed by atoms with Crippen molar-refractivity contribution in [1.82, 2.24) is 15.2 Å². The fourth-order valence-corrected chi connectivity index (χ4v) is 3.32. The summed E-state index contributed by atoms with van der Waals surface area (Å²) in [6.07, 6.45) is 1.90. The number of aromatic amines is 1. The molecule has 6 heteroatoms. The number of H-pyrrole nitrogens is 1. The first kappa shape index (κ1) is 17.0. The molecule has 0 radical (unpaired) electrons. The van der Waals surface area contributed by atoms with Crippen LogP contribution in [0, 0.1) is 0 Å². The van der Waals surface area contributed by atoms with E-state index in [0.29, 0.717) is 18.1 Å². The molecule has 0 aliphatic carbocycles. The summed E-state index contributed by atoms with van der Waals surface area (Å²) in [6, 6.07) is 15.5. The van der Waals surface area contributed by atoms with Crippen molar-refractivity contribution in [3.8, 4) is 5.75 Å². The van der Waals surface area contributed by atoms with Crippen LogP contribution in [0.4, 0.5) is 4.79 Å². The second-order valence-corrected chi connectivity index (χ2v) is 6.43. The fourth-order valence-electron chi connectivity index (χ4n) is 3.32. The van der Waals surface area contributed by atoms with Gasteiger partial charge in [-0.1, -0.05) is 24.3 Å². The normalized spacial score (nSPS) is 11.0. The van der Waals surface area contributed by atoms with E-state index in [1.54, 1.807) is 19.1 Å². The highest BCUT2D eigenvalue weighted by Gasteiger charge is 2.17. The summed E-state index contributed by atoms with van der Waals surface area (Å²) in [4.78, 5) is 17.4. The van der Waals surface area contributed by atoms with Crippen LogP contribution in [0.2, 0.25) is 0 Å². The Balaban J connectivity index is 1.45. The number of urea groups is 1. The molecule has 0 bridgehead atoms. The number of fused-ring (bicyclic) bond motifs is 2. The lowest BCUT2D eigenvalue weighted by atomic mass is 10.1. The number of rotatable bonds is 5. The van der Waals surface area contributed by atoms with Gasteiger partial charge in [0.15, 0.2) is 11.5 Å². The first-order chi connectivity index (χ1) is 13.2. The van der Waals surface area contributed by atoms with E-state index in [1.807, 2.05) is 54.7 Å². The van der Waals surface area contributed by atoms with Gasteiger partial charge in [-0.15, -0.1) is 0 Å². The van der Waals surface area contributed by atoms with Crippen molar-refractivity contribution in [2.45, 2.75) is 13.1 Å². The first-order valence-corrected chi connectivity index (χ1v) is 8.75. The van der Waals surface area contributed by atoms with Gasteiger partial charge in [0.25, 0.3) is 0 Å². The zero-order valence-electron chi connectivity index (χ0n) is 15.3. The Morgan fingerprint density at radius 1 is 1.15 bits per heavy atom. The zero-order chi connectivity index (χ0) is 18.8. The van der Waals surface area contributed by atoms with Crippen molar-refractivity contribution in [2.24, 2.45) is 0 Å².